The maximum Gasteiger partial charge on any atom is 0.158 e. The molecule has 0 amide bonds. The van der Waals surface area contributed by atoms with Crippen molar-refractivity contribution < 1.29 is 14.2 Å². The lowest BCUT2D eigenvalue weighted by Gasteiger charge is -2.40. The molecule has 4 heteroatoms. The van der Waals surface area contributed by atoms with E-state index in [9.17, 15) is 0 Å². The van der Waals surface area contributed by atoms with E-state index in [4.69, 9.17) is 14.2 Å². The first-order valence-electron chi connectivity index (χ1n) is 8.30. The molecule has 1 rings (SSSR count). The molecular formula is C16H33NO3. The van der Waals surface area contributed by atoms with Gasteiger partial charge in [-0.15, -0.1) is 0 Å². The van der Waals surface area contributed by atoms with Crippen molar-refractivity contribution in [3.8, 4) is 0 Å². The van der Waals surface area contributed by atoms with Crippen LogP contribution in [0.15, 0.2) is 0 Å². The van der Waals surface area contributed by atoms with Crippen LogP contribution in [0.5, 0.6) is 0 Å². The Labute approximate surface area is 124 Å². The predicted molar refractivity (Wildman–Crippen MR) is 81.9 cm³/mol. The zero-order valence-electron chi connectivity index (χ0n) is 13.7. The fraction of sp³-hybridized carbons (Fsp3) is 1.00. The summed E-state index contributed by atoms with van der Waals surface area (Å²) in [6.07, 6.45) is 5.26. The van der Waals surface area contributed by atoms with Crippen LogP contribution in [0, 0.1) is 0 Å². The van der Waals surface area contributed by atoms with Crippen molar-refractivity contribution in [1.82, 2.24) is 5.32 Å². The van der Waals surface area contributed by atoms with Crippen molar-refractivity contribution in [2.45, 2.75) is 77.7 Å². The van der Waals surface area contributed by atoms with Crippen LogP contribution in [0.25, 0.3) is 0 Å². The van der Waals surface area contributed by atoms with Gasteiger partial charge < -0.3 is 19.5 Å². The lowest BCUT2D eigenvalue weighted by atomic mass is 9.86. The van der Waals surface area contributed by atoms with Crippen LogP contribution < -0.4 is 5.32 Å². The Balaban J connectivity index is 2.30. The molecule has 0 aliphatic carbocycles. The zero-order valence-corrected chi connectivity index (χ0v) is 13.7. The summed E-state index contributed by atoms with van der Waals surface area (Å²) < 4.78 is 17.1. The summed E-state index contributed by atoms with van der Waals surface area (Å²) in [4.78, 5) is 0. The maximum atomic E-state index is 6.01. The monoisotopic (exact) mass is 287 g/mol. The van der Waals surface area contributed by atoms with Crippen molar-refractivity contribution in [3.05, 3.63) is 0 Å². The lowest BCUT2D eigenvalue weighted by Crippen LogP contribution is -2.47. The Bertz CT molecular complexity index is 238. The van der Waals surface area contributed by atoms with Crippen LogP contribution in [0.2, 0.25) is 0 Å². The van der Waals surface area contributed by atoms with Crippen LogP contribution in [0.3, 0.4) is 0 Å². The van der Waals surface area contributed by atoms with E-state index in [1.807, 2.05) is 13.8 Å². The Kier molecular flexibility index (Phi) is 8.69. The molecule has 1 aliphatic rings. The first-order valence-corrected chi connectivity index (χ1v) is 8.30. The molecule has 1 heterocycles. The molecular weight excluding hydrogens is 254 g/mol. The number of hydrogen-bond acceptors (Lipinski definition) is 4. The molecule has 0 aromatic carbocycles. The Hall–Kier alpha value is -0.160. The van der Waals surface area contributed by atoms with E-state index in [0.29, 0.717) is 19.3 Å². The SMILES string of the molecule is CCOC(CCNC1CCOC(CC)(CC)C1)OCC. The Morgan fingerprint density at radius 1 is 1.15 bits per heavy atom. The summed E-state index contributed by atoms with van der Waals surface area (Å²) in [6, 6.07) is 0.563. The lowest BCUT2D eigenvalue weighted by molar-refractivity contribution is -0.139. The molecule has 1 aliphatic heterocycles. The average molecular weight is 287 g/mol. The van der Waals surface area contributed by atoms with E-state index >= 15 is 0 Å². The average Bonchev–Trinajstić information content (AvgIpc) is 2.48. The minimum Gasteiger partial charge on any atom is -0.375 e. The molecule has 1 fully saturated rings. The number of rotatable bonds is 10. The van der Waals surface area contributed by atoms with Gasteiger partial charge in [0.25, 0.3) is 0 Å². The largest absolute Gasteiger partial charge is 0.375 e. The fourth-order valence-electron chi connectivity index (χ4n) is 2.94. The molecule has 120 valence electrons. The molecule has 0 saturated carbocycles. The second-order valence-electron chi connectivity index (χ2n) is 5.51. The summed E-state index contributed by atoms with van der Waals surface area (Å²) >= 11 is 0. The first kappa shape index (κ1) is 17.9. The van der Waals surface area contributed by atoms with Gasteiger partial charge in [-0.05, 0) is 39.5 Å². The summed E-state index contributed by atoms with van der Waals surface area (Å²) in [5.74, 6) is 0. The number of hydrogen-bond donors (Lipinski definition) is 1. The zero-order chi connectivity index (χ0) is 14.8. The van der Waals surface area contributed by atoms with Gasteiger partial charge >= 0.3 is 0 Å². The normalized spacial score (nSPS) is 22.4. The predicted octanol–water partition coefficient (Wildman–Crippen LogP) is 3.10. The van der Waals surface area contributed by atoms with Gasteiger partial charge in [0, 0.05) is 38.8 Å². The maximum absolute atomic E-state index is 6.01. The topological polar surface area (TPSA) is 39.7 Å². The van der Waals surface area contributed by atoms with Crippen molar-refractivity contribution in [1.29, 1.82) is 0 Å². The second kappa shape index (κ2) is 9.72. The highest BCUT2D eigenvalue weighted by atomic mass is 16.7. The second-order valence-corrected chi connectivity index (χ2v) is 5.51. The molecule has 1 saturated heterocycles. The first-order chi connectivity index (χ1) is 9.69. The molecule has 1 unspecified atom stereocenters. The minimum absolute atomic E-state index is 0.0700. The van der Waals surface area contributed by atoms with E-state index in [2.05, 4.69) is 19.2 Å². The summed E-state index contributed by atoms with van der Waals surface area (Å²) in [6.45, 7) is 11.7. The van der Waals surface area contributed by atoms with Gasteiger partial charge in [-0.3, -0.25) is 0 Å². The van der Waals surface area contributed by atoms with Crippen molar-refractivity contribution in [2.24, 2.45) is 0 Å². The third kappa shape index (κ3) is 5.68. The van der Waals surface area contributed by atoms with E-state index in [-0.39, 0.29) is 11.9 Å². The van der Waals surface area contributed by atoms with Gasteiger partial charge in [0.1, 0.15) is 0 Å². The fourth-order valence-corrected chi connectivity index (χ4v) is 2.94. The van der Waals surface area contributed by atoms with Gasteiger partial charge in [0.2, 0.25) is 0 Å². The van der Waals surface area contributed by atoms with Gasteiger partial charge in [0.15, 0.2) is 6.29 Å². The number of nitrogens with one attached hydrogen (secondary N) is 1. The van der Waals surface area contributed by atoms with E-state index in [0.717, 1.165) is 45.3 Å². The smallest absolute Gasteiger partial charge is 0.158 e. The van der Waals surface area contributed by atoms with Crippen LogP contribution in [-0.4, -0.2) is 44.3 Å². The Morgan fingerprint density at radius 2 is 1.80 bits per heavy atom. The summed E-state index contributed by atoms with van der Waals surface area (Å²) in [7, 11) is 0. The molecule has 1 N–H and O–H groups in total. The number of ether oxygens (including phenoxy) is 3. The molecule has 4 nitrogen and oxygen atoms in total. The molecule has 0 aromatic rings. The van der Waals surface area contributed by atoms with E-state index in [1.54, 1.807) is 0 Å². The van der Waals surface area contributed by atoms with Crippen molar-refractivity contribution in [3.63, 3.8) is 0 Å². The van der Waals surface area contributed by atoms with Crippen molar-refractivity contribution in [2.75, 3.05) is 26.4 Å². The Morgan fingerprint density at radius 3 is 2.35 bits per heavy atom. The highest BCUT2D eigenvalue weighted by Crippen LogP contribution is 2.31. The van der Waals surface area contributed by atoms with Gasteiger partial charge in [0.05, 0.1) is 5.60 Å². The van der Waals surface area contributed by atoms with E-state index < -0.39 is 0 Å². The van der Waals surface area contributed by atoms with Crippen LogP contribution in [-0.2, 0) is 14.2 Å². The molecule has 20 heavy (non-hydrogen) atoms. The van der Waals surface area contributed by atoms with Crippen LogP contribution in [0.4, 0.5) is 0 Å². The molecule has 0 bridgehead atoms. The molecule has 0 radical (unpaired) electrons. The minimum atomic E-state index is -0.0700. The van der Waals surface area contributed by atoms with Crippen molar-refractivity contribution >= 4 is 0 Å². The third-order valence-corrected chi connectivity index (χ3v) is 4.30. The van der Waals surface area contributed by atoms with Gasteiger partial charge in [-0.25, -0.2) is 0 Å². The molecule has 0 aromatic heterocycles. The standard InChI is InChI=1S/C16H33NO3/c1-5-16(6-2)13-14(10-12-20-16)17-11-9-15(18-7-3)19-8-4/h14-15,17H,5-13H2,1-4H3. The van der Waals surface area contributed by atoms with Crippen LogP contribution in [0.1, 0.15) is 59.8 Å². The molecule has 0 spiro atoms. The molecule has 1 atom stereocenters. The highest BCUT2D eigenvalue weighted by molar-refractivity contribution is 4.88. The quantitative estimate of drug-likeness (QED) is 0.627. The third-order valence-electron chi connectivity index (χ3n) is 4.30. The summed E-state index contributed by atoms with van der Waals surface area (Å²) in [5, 5.41) is 3.65. The van der Waals surface area contributed by atoms with Gasteiger partial charge in [-0.1, -0.05) is 13.8 Å². The van der Waals surface area contributed by atoms with E-state index in [1.165, 1.54) is 0 Å². The van der Waals surface area contributed by atoms with Gasteiger partial charge in [-0.2, -0.15) is 0 Å². The van der Waals surface area contributed by atoms with Crippen LogP contribution >= 0.6 is 0 Å². The highest BCUT2D eigenvalue weighted by Gasteiger charge is 2.34. The summed E-state index contributed by atoms with van der Waals surface area (Å²) in [5.41, 5.74) is 0.0924.